The largest absolute Gasteiger partial charge is 0.298 e. The second-order valence-corrected chi connectivity index (χ2v) is 5.06. The Bertz CT molecular complexity index is 500. The van der Waals surface area contributed by atoms with Crippen LogP contribution < -0.4 is 0 Å². The Morgan fingerprint density at radius 1 is 1.11 bits per heavy atom. The van der Waals surface area contributed by atoms with E-state index in [-0.39, 0.29) is 0 Å². The fraction of sp³-hybridized carbons (Fsp3) is 0.400. The molecule has 1 atom stereocenters. The second-order valence-electron chi connectivity index (χ2n) is 5.06. The van der Waals surface area contributed by atoms with Gasteiger partial charge in [-0.25, -0.2) is 9.97 Å². The first-order chi connectivity index (χ1) is 9.42. The molecule has 0 aliphatic carbocycles. The maximum atomic E-state index is 4.40. The van der Waals surface area contributed by atoms with Crippen LogP contribution >= 0.6 is 0 Å². The van der Waals surface area contributed by atoms with Crippen molar-refractivity contribution >= 4 is 0 Å². The molecule has 0 radical (unpaired) electrons. The summed E-state index contributed by atoms with van der Waals surface area (Å²) in [5.74, 6) is 0.540. The second kappa shape index (κ2) is 5.89. The molecule has 0 saturated carbocycles. The summed E-state index contributed by atoms with van der Waals surface area (Å²) in [4.78, 5) is 15.0. The molecular formula is C15H18N4. The molecule has 1 saturated heterocycles. The summed E-state index contributed by atoms with van der Waals surface area (Å²) in [6.07, 6.45) is 9.67. The number of likely N-dealkylation sites (tertiary alicyclic amines) is 1. The third-order valence-electron chi connectivity index (χ3n) is 3.68. The Morgan fingerprint density at radius 3 is 2.74 bits per heavy atom. The first-order valence-corrected chi connectivity index (χ1v) is 6.79. The van der Waals surface area contributed by atoms with Gasteiger partial charge in [-0.1, -0.05) is 0 Å². The molecule has 0 bridgehead atoms. The molecule has 0 N–H and O–H groups in total. The fourth-order valence-corrected chi connectivity index (χ4v) is 2.73. The van der Waals surface area contributed by atoms with E-state index in [2.05, 4.69) is 32.0 Å². The Hall–Kier alpha value is -1.81. The van der Waals surface area contributed by atoms with Crippen LogP contribution in [0.5, 0.6) is 0 Å². The summed E-state index contributed by atoms with van der Waals surface area (Å²) >= 11 is 0. The van der Waals surface area contributed by atoms with Crippen molar-refractivity contribution in [2.24, 2.45) is 0 Å². The Kier molecular flexibility index (Phi) is 3.79. The van der Waals surface area contributed by atoms with Crippen LogP contribution in [0.1, 0.15) is 30.0 Å². The molecule has 0 aromatic carbocycles. The maximum absolute atomic E-state index is 4.40. The van der Waals surface area contributed by atoms with Gasteiger partial charge in [-0.05, 0) is 43.1 Å². The van der Waals surface area contributed by atoms with Crippen molar-refractivity contribution < 1.29 is 0 Å². The minimum atomic E-state index is 0.540. The van der Waals surface area contributed by atoms with E-state index < -0.39 is 0 Å². The third-order valence-corrected chi connectivity index (χ3v) is 3.68. The van der Waals surface area contributed by atoms with Crippen molar-refractivity contribution in [1.29, 1.82) is 0 Å². The average Bonchev–Trinajstić information content (AvgIpc) is 2.49. The van der Waals surface area contributed by atoms with E-state index in [4.69, 9.17) is 0 Å². The minimum Gasteiger partial charge on any atom is -0.298 e. The van der Waals surface area contributed by atoms with Crippen LogP contribution in [0.25, 0.3) is 0 Å². The number of rotatable bonds is 3. The lowest BCUT2D eigenvalue weighted by Crippen LogP contribution is -2.34. The molecule has 3 rings (SSSR count). The van der Waals surface area contributed by atoms with E-state index in [1.165, 1.54) is 30.6 Å². The lowest BCUT2D eigenvalue weighted by atomic mass is 9.94. The van der Waals surface area contributed by atoms with E-state index in [0.29, 0.717) is 5.92 Å². The number of nitrogens with zero attached hydrogens (tertiary/aromatic N) is 4. The normalized spacial score (nSPS) is 20.3. The van der Waals surface area contributed by atoms with E-state index in [1.54, 1.807) is 6.33 Å². The van der Waals surface area contributed by atoms with Gasteiger partial charge in [0.05, 0.1) is 0 Å². The predicted molar refractivity (Wildman–Crippen MR) is 73.5 cm³/mol. The predicted octanol–water partition coefficient (Wildman–Crippen LogP) is 2.25. The molecule has 4 heteroatoms. The van der Waals surface area contributed by atoms with E-state index in [0.717, 1.165) is 13.1 Å². The molecule has 1 fully saturated rings. The highest BCUT2D eigenvalue weighted by molar-refractivity contribution is 5.11. The van der Waals surface area contributed by atoms with Gasteiger partial charge in [-0.3, -0.25) is 9.88 Å². The van der Waals surface area contributed by atoms with E-state index in [9.17, 15) is 0 Å². The summed E-state index contributed by atoms with van der Waals surface area (Å²) in [5.41, 5.74) is 2.51. The van der Waals surface area contributed by atoms with Gasteiger partial charge in [-0.2, -0.15) is 0 Å². The van der Waals surface area contributed by atoms with Crippen molar-refractivity contribution in [3.63, 3.8) is 0 Å². The number of pyridine rings is 1. The van der Waals surface area contributed by atoms with Crippen LogP contribution in [-0.2, 0) is 6.54 Å². The molecular weight excluding hydrogens is 236 g/mol. The Labute approximate surface area is 113 Å². The number of piperidine rings is 1. The van der Waals surface area contributed by atoms with Crippen LogP contribution in [0.15, 0.2) is 43.1 Å². The fourth-order valence-electron chi connectivity index (χ4n) is 2.73. The minimum absolute atomic E-state index is 0.540. The van der Waals surface area contributed by atoms with E-state index in [1.807, 2.05) is 24.7 Å². The van der Waals surface area contributed by atoms with Crippen LogP contribution in [0.2, 0.25) is 0 Å². The third kappa shape index (κ3) is 3.15. The molecule has 0 unspecified atom stereocenters. The average molecular weight is 254 g/mol. The van der Waals surface area contributed by atoms with Gasteiger partial charge >= 0.3 is 0 Å². The zero-order chi connectivity index (χ0) is 12.9. The van der Waals surface area contributed by atoms with Crippen LogP contribution in [0.3, 0.4) is 0 Å². The van der Waals surface area contributed by atoms with Gasteiger partial charge in [-0.15, -0.1) is 0 Å². The molecule has 4 nitrogen and oxygen atoms in total. The number of hydrogen-bond donors (Lipinski definition) is 0. The molecule has 2 aromatic rings. The molecule has 0 amide bonds. The maximum Gasteiger partial charge on any atom is 0.115 e. The van der Waals surface area contributed by atoms with Crippen LogP contribution in [0, 0.1) is 0 Å². The standard InChI is InChI=1S/C15H18N4/c1-2-14(15-5-8-17-12-18-15)11-19(9-1)10-13-3-6-16-7-4-13/h3-8,12,14H,1-2,9-11H2/t14-/m0/s1. The number of hydrogen-bond acceptors (Lipinski definition) is 4. The summed E-state index contributed by atoms with van der Waals surface area (Å²) in [7, 11) is 0. The highest BCUT2D eigenvalue weighted by atomic mass is 15.1. The Balaban J connectivity index is 1.65. The van der Waals surface area contributed by atoms with Gasteiger partial charge in [0.1, 0.15) is 6.33 Å². The van der Waals surface area contributed by atoms with Gasteiger partial charge < -0.3 is 0 Å². The van der Waals surface area contributed by atoms with Gasteiger partial charge in [0, 0.05) is 43.3 Å². The summed E-state index contributed by atoms with van der Waals surface area (Å²) in [5, 5.41) is 0. The van der Waals surface area contributed by atoms with Crippen LogP contribution in [0.4, 0.5) is 0 Å². The zero-order valence-electron chi connectivity index (χ0n) is 10.9. The molecule has 0 spiro atoms. The van der Waals surface area contributed by atoms with Gasteiger partial charge in [0.15, 0.2) is 0 Å². The molecule has 2 aromatic heterocycles. The van der Waals surface area contributed by atoms with Crippen LogP contribution in [-0.4, -0.2) is 32.9 Å². The highest BCUT2D eigenvalue weighted by Gasteiger charge is 2.22. The Morgan fingerprint density at radius 2 is 1.95 bits per heavy atom. The monoisotopic (exact) mass is 254 g/mol. The van der Waals surface area contributed by atoms with Crippen molar-refractivity contribution in [1.82, 2.24) is 19.9 Å². The first kappa shape index (κ1) is 12.2. The number of aromatic nitrogens is 3. The lowest BCUT2D eigenvalue weighted by molar-refractivity contribution is 0.198. The first-order valence-electron chi connectivity index (χ1n) is 6.79. The van der Waals surface area contributed by atoms with Crippen molar-refractivity contribution in [2.45, 2.75) is 25.3 Å². The molecule has 19 heavy (non-hydrogen) atoms. The molecule has 3 heterocycles. The molecule has 1 aliphatic heterocycles. The zero-order valence-corrected chi connectivity index (χ0v) is 10.9. The molecule has 98 valence electrons. The SMILES string of the molecule is c1cc(CN2CCC[C@H](c3ccncn3)C2)ccn1. The van der Waals surface area contributed by atoms with Crippen molar-refractivity contribution in [3.8, 4) is 0 Å². The summed E-state index contributed by atoms with van der Waals surface area (Å²) in [6, 6.07) is 6.23. The smallest absolute Gasteiger partial charge is 0.115 e. The highest BCUT2D eigenvalue weighted by Crippen LogP contribution is 2.25. The topological polar surface area (TPSA) is 41.9 Å². The van der Waals surface area contributed by atoms with Crippen molar-refractivity contribution in [3.05, 3.63) is 54.4 Å². The van der Waals surface area contributed by atoms with Gasteiger partial charge in [0.2, 0.25) is 0 Å². The van der Waals surface area contributed by atoms with E-state index >= 15 is 0 Å². The van der Waals surface area contributed by atoms with Gasteiger partial charge in [0.25, 0.3) is 0 Å². The van der Waals surface area contributed by atoms with Crippen molar-refractivity contribution in [2.75, 3.05) is 13.1 Å². The lowest BCUT2D eigenvalue weighted by Gasteiger charge is -2.32. The summed E-state index contributed by atoms with van der Waals surface area (Å²) < 4.78 is 0. The quantitative estimate of drug-likeness (QED) is 0.842. The summed E-state index contributed by atoms with van der Waals surface area (Å²) in [6.45, 7) is 3.26. The molecule has 1 aliphatic rings.